The number of nitrogens with one attached hydrogen (secondary N) is 1. The molecule has 0 spiro atoms. The second kappa shape index (κ2) is 28.9. The van der Waals surface area contributed by atoms with Gasteiger partial charge in [-0.2, -0.15) is 0 Å². The molecule has 0 radical (unpaired) electrons. The second-order valence-electron chi connectivity index (χ2n) is 13.1. The van der Waals surface area contributed by atoms with Gasteiger partial charge in [0.1, 0.15) is 6.23 Å². The lowest BCUT2D eigenvalue weighted by atomic mass is 9.98. The van der Waals surface area contributed by atoms with E-state index in [1.165, 1.54) is 154 Å². The smallest absolute Gasteiger partial charge is 0.107 e. The van der Waals surface area contributed by atoms with E-state index in [-0.39, 0.29) is 12.1 Å². The van der Waals surface area contributed by atoms with Gasteiger partial charge in [-0.1, -0.05) is 174 Å². The fourth-order valence-electron chi connectivity index (χ4n) is 6.54. The molecule has 1 rings (SSSR count). The number of hydrogen-bond acceptors (Lipinski definition) is 4. The van der Waals surface area contributed by atoms with Gasteiger partial charge in [0.2, 0.25) is 0 Å². The van der Waals surface area contributed by atoms with Gasteiger partial charge in [-0.3, -0.25) is 4.90 Å². The van der Waals surface area contributed by atoms with Gasteiger partial charge in [0.15, 0.2) is 0 Å². The third-order valence-corrected chi connectivity index (χ3v) is 9.32. The topological polar surface area (TPSA) is 55.7 Å². The van der Waals surface area contributed by atoms with Crippen LogP contribution in [-0.4, -0.2) is 53.1 Å². The summed E-state index contributed by atoms with van der Waals surface area (Å²) in [6.45, 7) is 7.14. The van der Waals surface area contributed by atoms with Crippen molar-refractivity contribution in [2.45, 2.75) is 212 Å². The van der Waals surface area contributed by atoms with E-state index in [0.29, 0.717) is 0 Å². The molecule has 1 aliphatic heterocycles. The summed E-state index contributed by atoms with van der Waals surface area (Å²) in [5.41, 5.74) is 0. The molecule has 0 amide bonds. The average Bonchev–Trinajstić information content (AvgIpc) is 2.97. The standard InChI is InChI=1S/C36H74N2O2/c1-3-5-7-9-11-13-15-17-19-21-23-25-27-29-35(39)34-33-37-31-32-38(34)36(40)30-28-26-24-22-20-18-16-14-12-10-8-6-4-2/h34-37,39-40H,3-33H2,1-2H3. The van der Waals surface area contributed by atoms with Crippen molar-refractivity contribution in [3.05, 3.63) is 0 Å². The van der Waals surface area contributed by atoms with Gasteiger partial charge in [0.05, 0.1) is 12.1 Å². The Morgan fingerprint density at radius 1 is 0.525 bits per heavy atom. The van der Waals surface area contributed by atoms with E-state index >= 15 is 0 Å². The van der Waals surface area contributed by atoms with Crippen molar-refractivity contribution < 1.29 is 10.2 Å². The zero-order valence-electron chi connectivity index (χ0n) is 27.5. The minimum atomic E-state index is -0.402. The van der Waals surface area contributed by atoms with Crippen LogP contribution in [0.15, 0.2) is 0 Å². The van der Waals surface area contributed by atoms with Crippen molar-refractivity contribution in [3.63, 3.8) is 0 Å². The second-order valence-corrected chi connectivity index (χ2v) is 13.1. The van der Waals surface area contributed by atoms with Crippen molar-refractivity contribution >= 4 is 0 Å². The molecule has 0 aromatic heterocycles. The first-order valence-corrected chi connectivity index (χ1v) is 18.5. The van der Waals surface area contributed by atoms with Crippen LogP contribution in [0.25, 0.3) is 0 Å². The van der Waals surface area contributed by atoms with Crippen LogP contribution in [0.2, 0.25) is 0 Å². The molecule has 0 aliphatic carbocycles. The summed E-state index contributed by atoms with van der Waals surface area (Å²) in [5, 5.41) is 25.4. The van der Waals surface area contributed by atoms with Crippen LogP contribution in [0, 0.1) is 0 Å². The number of aliphatic hydroxyl groups is 2. The first-order chi connectivity index (χ1) is 19.7. The van der Waals surface area contributed by atoms with Crippen LogP contribution in [0.5, 0.6) is 0 Å². The van der Waals surface area contributed by atoms with E-state index in [1.54, 1.807) is 0 Å². The molecule has 1 fully saturated rings. The zero-order chi connectivity index (χ0) is 28.9. The number of aliphatic hydroxyl groups excluding tert-OH is 2. The minimum absolute atomic E-state index is 0.0584. The van der Waals surface area contributed by atoms with Crippen LogP contribution in [-0.2, 0) is 0 Å². The summed E-state index contributed by atoms with van der Waals surface area (Å²) >= 11 is 0. The van der Waals surface area contributed by atoms with Crippen molar-refractivity contribution in [2.24, 2.45) is 0 Å². The van der Waals surface area contributed by atoms with Gasteiger partial charge in [-0.25, -0.2) is 0 Å². The first-order valence-electron chi connectivity index (χ1n) is 18.5. The van der Waals surface area contributed by atoms with Gasteiger partial charge in [0.25, 0.3) is 0 Å². The van der Waals surface area contributed by atoms with Crippen LogP contribution in [0.1, 0.15) is 194 Å². The Hall–Kier alpha value is -0.160. The molecule has 3 N–H and O–H groups in total. The molecule has 0 aromatic carbocycles. The Morgan fingerprint density at radius 3 is 1.27 bits per heavy atom. The summed E-state index contributed by atoms with van der Waals surface area (Å²) in [7, 11) is 0. The summed E-state index contributed by atoms with van der Waals surface area (Å²) in [6.07, 6.45) is 36.3. The Morgan fingerprint density at radius 2 is 0.875 bits per heavy atom. The maximum Gasteiger partial charge on any atom is 0.107 e. The molecule has 3 atom stereocenters. The molecular weight excluding hydrogens is 492 g/mol. The van der Waals surface area contributed by atoms with Crippen LogP contribution in [0.4, 0.5) is 0 Å². The number of piperazine rings is 1. The van der Waals surface area contributed by atoms with Gasteiger partial charge in [-0.15, -0.1) is 0 Å². The predicted octanol–water partition coefficient (Wildman–Crippen LogP) is 9.90. The molecular formula is C36H74N2O2. The first kappa shape index (κ1) is 37.9. The lowest BCUT2D eigenvalue weighted by molar-refractivity contribution is -0.0776. The lowest BCUT2D eigenvalue weighted by Gasteiger charge is -2.41. The number of nitrogens with zero attached hydrogens (tertiary/aromatic N) is 1. The quantitative estimate of drug-likeness (QED) is 0.0757. The highest BCUT2D eigenvalue weighted by Crippen LogP contribution is 2.20. The highest BCUT2D eigenvalue weighted by Gasteiger charge is 2.32. The van der Waals surface area contributed by atoms with Crippen molar-refractivity contribution in [1.82, 2.24) is 10.2 Å². The molecule has 0 aromatic rings. The fraction of sp³-hybridized carbons (Fsp3) is 1.00. The van der Waals surface area contributed by atoms with E-state index in [4.69, 9.17) is 0 Å². The predicted molar refractivity (Wildman–Crippen MR) is 176 cm³/mol. The summed E-state index contributed by atoms with van der Waals surface area (Å²) in [5.74, 6) is 0. The normalized spacial score (nSPS) is 17.9. The highest BCUT2D eigenvalue weighted by atomic mass is 16.3. The number of hydrogen-bond donors (Lipinski definition) is 3. The molecule has 4 heteroatoms. The fourth-order valence-corrected chi connectivity index (χ4v) is 6.54. The molecule has 40 heavy (non-hydrogen) atoms. The maximum atomic E-state index is 11.0. The molecule has 1 heterocycles. The number of unbranched alkanes of at least 4 members (excludes halogenated alkanes) is 24. The minimum Gasteiger partial charge on any atom is -0.391 e. The molecule has 1 aliphatic rings. The largest absolute Gasteiger partial charge is 0.391 e. The third kappa shape index (κ3) is 21.5. The Balaban J connectivity index is 2.02. The SMILES string of the molecule is CCCCCCCCCCCCCCCC(O)C1CNCCN1C(O)CCCCCCCCCCCCCCC. The van der Waals surface area contributed by atoms with Gasteiger partial charge in [-0.05, 0) is 19.3 Å². The average molecular weight is 567 g/mol. The highest BCUT2D eigenvalue weighted by molar-refractivity contribution is 4.86. The molecule has 0 bridgehead atoms. The van der Waals surface area contributed by atoms with E-state index < -0.39 is 6.23 Å². The van der Waals surface area contributed by atoms with E-state index in [9.17, 15) is 10.2 Å². The van der Waals surface area contributed by atoms with Gasteiger partial charge < -0.3 is 15.5 Å². The van der Waals surface area contributed by atoms with Crippen molar-refractivity contribution in [3.8, 4) is 0 Å². The lowest BCUT2D eigenvalue weighted by Crippen LogP contribution is -2.59. The summed E-state index contributed by atoms with van der Waals surface area (Å²) in [4.78, 5) is 2.20. The van der Waals surface area contributed by atoms with Crippen LogP contribution < -0.4 is 5.32 Å². The molecule has 3 unspecified atom stereocenters. The Kier molecular flexibility index (Phi) is 27.4. The summed E-state index contributed by atoms with van der Waals surface area (Å²) < 4.78 is 0. The van der Waals surface area contributed by atoms with E-state index in [0.717, 1.165) is 45.3 Å². The monoisotopic (exact) mass is 567 g/mol. The summed E-state index contributed by atoms with van der Waals surface area (Å²) in [6, 6.07) is 0.0584. The van der Waals surface area contributed by atoms with Crippen LogP contribution in [0.3, 0.4) is 0 Å². The number of rotatable bonds is 30. The Labute approximate surface area is 251 Å². The van der Waals surface area contributed by atoms with Crippen molar-refractivity contribution in [1.29, 1.82) is 0 Å². The Bertz CT molecular complexity index is 459. The van der Waals surface area contributed by atoms with Gasteiger partial charge >= 0.3 is 0 Å². The van der Waals surface area contributed by atoms with Gasteiger partial charge in [0, 0.05) is 19.6 Å². The molecule has 1 saturated heterocycles. The molecule has 0 saturated carbocycles. The zero-order valence-corrected chi connectivity index (χ0v) is 27.5. The van der Waals surface area contributed by atoms with E-state index in [1.807, 2.05) is 0 Å². The third-order valence-electron chi connectivity index (χ3n) is 9.32. The maximum absolute atomic E-state index is 11.0. The molecule has 4 nitrogen and oxygen atoms in total. The molecule has 240 valence electrons. The van der Waals surface area contributed by atoms with E-state index in [2.05, 4.69) is 24.1 Å². The van der Waals surface area contributed by atoms with Crippen molar-refractivity contribution in [2.75, 3.05) is 19.6 Å². The van der Waals surface area contributed by atoms with Crippen LogP contribution >= 0.6 is 0 Å².